The Balaban J connectivity index is 1.54. The zero-order chi connectivity index (χ0) is 31.9. The number of carbonyl (C=O) groups excluding carboxylic acids is 5. The van der Waals surface area contributed by atoms with Gasteiger partial charge in [-0.05, 0) is 85.1 Å². The summed E-state index contributed by atoms with van der Waals surface area (Å²) in [6, 6.07) is 3.68. The highest BCUT2D eigenvalue weighted by Crippen LogP contribution is 2.64. The molecule has 2 aromatic rings. The molecule has 0 amide bonds. The van der Waals surface area contributed by atoms with E-state index in [1.165, 1.54) is 6.26 Å². The van der Waals surface area contributed by atoms with Crippen LogP contribution in [0.2, 0.25) is 0 Å². The fourth-order valence-electron chi connectivity index (χ4n) is 9.35. The van der Waals surface area contributed by atoms with Crippen LogP contribution >= 0.6 is 0 Å². The van der Waals surface area contributed by atoms with Gasteiger partial charge in [0.2, 0.25) is 0 Å². The minimum atomic E-state index is -2.72. The number of furan rings is 1. The molecule has 4 aliphatic rings. The molecule has 6 rings (SSSR count). The van der Waals surface area contributed by atoms with Gasteiger partial charge in [0.05, 0.1) is 24.0 Å². The van der Waals surface area contributed by atoms with Crippen molar-refractivity contribution in [2.24, 2.45) is 40.4 Å². The number of Topliss-reactive ketones (excluding diaryl/α,β-unsaturated/α-hetero) is 5. The molecular weight excluding hydrogens is 564 g/mol. The van der Waals surface area contributed by atoms with Crippen LogP contribution < -0.4 is 0 Å². The third-order valence-corrected chi connectivity index (χ3v) is 11.1. The predicted molar refractivity (Wildman–Crippen MR) is 158 cm³/mol. The molecule has 6 atom stereocenters. The van der Waals surface area contributed by atoms with Gasteiger partial charge in [0.25, 0.3) is 0 Å². The van der Waals surface area contributed by atoms with Crippen molar-refractivity contribution in [3.63, 3.8) is 0 Å². The van der Waals surface area contributed by atoms with Gasteiger partial charge in [-0.15, -0.1) is 0 Å². The lowest BCUT2D eigenvalue weighted by Crippen LogP contribution is -2.76. The van der Waals surface area contributed by atoms with E-state index in [-0.39, 0.29) is 30.1 Å². The minimum absolute atomic E-state index is 0.0124. The highest BCUT2D eigenvalue weighted by molar-refractivity contribution is 6.32. The largest absolute Gasteiger partial charge is 0.507 e. The lowest BCUT2D eigenvalue weighted by atomic mass is 9.39. The summed E-state index contributed by atoms with van der Waals surface area (Å²) in [5, 5.41) is 23.9. The van der Waals surface area contributed by atoms with Crippen LogP contribution in [0.1, 0.15) is 75.4 Å². The molecule has 234 valence electrons. The maximum Gasteiger partial charge on any atom is 0.190 e. The van der Waals surface area contributed by atoms with E-state index in [0.717, 1.165) is 25.3 Å². The zero-order valence-electron chi connectivity index (χ0n) is 25.9. The Bertz CT molecular complexity index is 1580. The van der Waals surface area contributed by atoms with Gasteiger partial charge < -0.3 is 19.4 Å². The Labute approximate surface area is 256 Å². The Morgan fingerprint density at radius 3 is 2.36 bits per heavy atom. The molecule has 1 aliphatic heterocycles. The van der Waals surface area contributed by atoms with Gasteiger partial charge >= 0.3 is 0 Å². The Morgan fingerprint density at radius 1 is 1.09 bits per heavy atom. The number of phenols is 1. The van der Waals surface area contributed by atoms with Gasteiger partial charge in [0.1, 0.15) is 17.5 Å². The predicted octanol–water partition coefficient (Wildman–Crippen LogP) is 4.32. The molecule has 9 nitrogen and oxygen atoms in total. The van der Waals surface area contributed by atoms with E-state index >= 15 is 0 Å². The van der Waals surface area contributed by atoms with Gasteiger partial charge in [-0.3, -0.25) is 24.0 Å². The van der Waals surface area contributed by atoms with Gasteiger partial charge in [-0.25, -0.2) is 0 Å². The summed E-state index contributed by atoms with van der Waals surface area (Å²) in [6.45, 7) is 9.26. The lowest BCUT2D eigenvalue weighted by molar-refractivity contribution is -0.205. The molecule has 3 fully saturated rings. The number of hydrogen-bond acceptors (Lipinski definition) is 9. The normalized spacial score (nSPS) is 34.1. The summed E-state index contributed by atoms with van der Waals surface area (Å²) < 4.78 is 10.9. The smallest absolute Gasteiger partial charge is 0.190 e. The van der Waals surface area contributed by atoms with Crippen LogP contribution in [0.4, 0.5) is 0 Å². The third-order valence-electron chi connectivity index (χ3n) is 11.1. The van der Waals surface area contributed by atoms with E-state index in [1.807, 2.05) is 6.07 Å². The molecule has 3 aliphatic carbocycles. The number of benzene rings is 1. The zero-order valence-corrected chi connectivity index (χ0v) is 25.9. The van der Waals surface area contributed by atoms with Gasteiger partial charge in [-0.1, -0.05) is 27.7 Å². The molecule has 2 N–H and O–H groups in total. The maximum atomic E-state index is 14.6. The Morgan fingerprint density at radius 2 is 1.77 bits per heavy atom. The van der Waals surface area contributed by atoms with Gasteiger partial charge in [0, 0.05) is 30.1 Å². The first-order valence-corrected chi connectivity index (χ1v) is 15.5. The van der Waals surface area contributed by atoms with Crippen molar-refractivity contribution in [1.29, 1.82) is 0 Å². The van der Waals surface area contributed by atoms with E-state index in [2.05, 4.69) is 0 Å². The van der Waals surface area contributed by atoms with Crippen molar-refractivity contribution in [1.82, 2.24) is 0 Å². The van der Waals surface area contributed by atoms with Crippen molar-refractivity contribution in [3.05, 3.63) is 41.3 Å². The number of phenolic OH excluding ortho intramolecular Hbond substituents is 1. The second-order valence-corrected chi connectivity index (χ2v) is 14.4. The van der Waals surface area contributed by atoms with E-state index in [0.29, 0.717) is 36.3 Å². The molecular formula is C35H40O9. The topological polar surface area (TPSA) is 148 Å². The molecule has 9 heteroatoms. The van der Waals surface area contributed by atoms with Crippen molar-refractivity contribution in [3.8, 4) is 16.9 Å². The van der Waals surface area contributed by atoms with Crippen molar-refractivity contribution in [2.75, 3.05) is 13.2 Å². The van der Waals surface area contributed by atoms with Crippen LogP contribution in [0, 0.1) is 40.4 Å². The third kappa shape index (κ3) is 4.08. The fraction of sp³-hybridized carbons (Fsp3) is 0.571. The molecule has 0 spiro atoms. The number of rotatable bonds is 5. The summed E-state index contributed by atoms with van der Waals surface area (Å²) in [6.07, 6.45) is 5.44. The summed E-state index contributed by atoms with van der Waals surface area (Å²) in [4.78, 5) is 69.4. The summed E-state index contributed by atoms with van der Waals surface area (Å²) in [5.41, 5.74) is -2.75. The van der Waals surface area contributed by atoms with Crippen LogP contribution in [0.15, 0.2) is 29.1 Å². The van der Waals surface area contributed by atoms with Crippen molar-refractivity contribution in [2.45, 2.75) is 72.3 Å². The minimum Gasteiger partial charge on any atom is -0.507 e. The molecule has 3 unspecified atom stereocenters. The fourth-order valence-corrected chi connectivity index (χ4v) is 9.35. The van der Waals surface area contributed by atoms with Crippen LogP contribution in [0.5, 0.6) is 5.75 Å². The first kappa shape index (κ1) is 30.6. The van der Waals surface area contributed by atoms with E-state index in [4.69, 9.17) is 9.15 Å². The number of ketones is 5. The average molecular weight is 605 g/mol. The SMILES string of the molecule is CC(=O)C1C(=O)C(C(C)C)[C@@]2(C)C[C@@]3(C)Cc4c(-c5ccoc5)cc(CC5CCOCC5)c(O)c4C(=O)C3C(=O)[C@@]2(O)C1=O. The summed E-state index contributed by atoms with van der Waals surface area (Å²) in [7, 11) is 0. The monoisotopic (exact) mass is 604 g/mol. The molecule has 1 aromatic heterocycles. The molecule has 2 saturated carbocycles. The Kier molecular flexibility index (Phi) is 7.17. The number of ether oxygens (including phenoxy) is 1. The molecule has 1 aromatic carbocycles. The first-order chi connectivity index (χ1) is 20.7. The van der Waals surface area contributed by atoms with Gasteiger partial charge in [-0.2, -0.15) is 0 Å². The highest BCUT2D eigenvalue weighted by atomic mass is 16.5. The second-order valence-electron chi connectivity index (χ2n) is 14.4. The molecule has 0 bridgehead atoms. The lowest BCUT2D eigenvalue weighted by Gasteiger charge is -2.62. The Hall–Kier alpha value is -3.43. The number of aromatic hydroxyl groups is 1. The standard InChI is InChI=1S/C35H40O9/c1-17(2)26-29(38)24(18(3)36)31(40)35(42)32(41)27-30(39)25-23(14-33(27,4)16-34(26,35)5)22(20-8-11-44-15-20)13-21(28(25)37)12-19-6-9-43-10-7-19/h8,11,13,15,17,19,24,26-27,37,42H,6-7,9-10,12,14,16H2,1-5H3/t24?,26?,27?,33-,34-,35+/m1/s1. The number of carbonyl (C=O) groups is 5. The van der Waals surface area contributed by atoms with E-state index in [1.54, 1.807) is 40.0 Å². The summed E-state index contributed by atoms with van der Waals surface area (Å²) >= 11 is 0. The molecule has 44 heavy (non-hydrogen) atoms. The molecule has 1 saturated heterocycles. The van der Waals surface area contributed by atoms with Crippen molar-refractivity contribution >= 4 is 28.9 Å². The van der Waals surface area contributed by atoms with E-state index < -0.39 is 69.0 Å². The average Bonchev–Trinajstić information content (AvgIpc) is 3.47. The molecule has 2 heterocycles. The van der Waals surface area contributed by atoms with Crippen LogP contribution in [0.3, 0.4) is 0 Å². The number of fused-ring (bicyclic) bond motifs is 3. The maximum absolute atomic E-state index is 14.6. The number of hydrogen-bond donors (Lipinski definition) is 2. The highest BCUT2D eigenvalue weighted by Gasteiger charge is 2.76. The van der Waals surface area contributed by atoms with Gasteiger partial charge in [0.15, 0.2) is 28.7 Å². The summed E-state index contributed by atoms with van der Waals surface area (Å²) in [5.74, 6) is -8.65. The van der Waals surface area contributed by atoms with Crippen LogP contribution in [0.25, 0.3) is 11.1 Å². The molecule has 0 radical (unpaired) electrons. The first-order valence-electron chi connectivity index (χ1n) is 15.5. The van der Waals surface area contributed by atoms with Crippen LogP contribution in [-0.4, -0.2) is 57.9 Å². The van der Waals surface area contributed by atoms with E-state index in [9.17, 15) is 34.2 Å². The van der Waals surface area contributed by atoms with Crippen LogP contribution in [-0.2, 0) is 36.8 Å². The quantitative estimate of drug-likeness (QED) is 0.476. The second kappa shape index (κ2) is 10.3. The van der Waals surface area contributed by atoms with Crippen molar-refractivity contribution < 1.29 is 43.3 Å². The number of aliphatic hydroxyl groups is 1.